The van der Waals surface area contributed by atoms with Gasteiger partial charge in [0, 0.05) is 51.4 Å². The van der Waals surface area contributed by atoms with Crippen LogP contribution in [-0.2, 0) is 22.6 Å². The zero-order chi connectivity index (χ0) is 24.8. The lowest BCUT2D eigenvalue weighted by molar-refractivity contribution is -0.130. The minimum absolute atomic E-state index is 0.0375. The molecule has 0 unspecified atom stereocenters. The number of anilines is 1. The summed E-state index contributed by atoms with van der Waals surface area (Å²) >= 11 is 0. The largest absolute Gasteiger partial charge is 0.493 e. The lowest BCUT2D eigenvalue weighted by Crippen LogP contribution is -2.36. The van der Waals surface area contributed by atoms with Gasteiger partial charge in [-0.3, -0.25) is 14.2 Å². The van der Waals surface area contributed by atoms with Crippen molar-refractivity contribution in [3.8, 4) is 11.5 Å². The van der Waals surface area contributed by atoms with Crippen LogP contribution in [0.25, 0.3) is 10.9 Å². The number of rotatable bonds is 9. The van der Waals surface area contributed by atoms with Gasteiger partial charge in [0.2, 0.25) is 5.91 Å². The van der Waals surface area contributed by atoms with Crippen LogP contribution in [0.15, 0.2) is 47.5 Å². The van der Waals surface area contributed by atoms with E-state index in [2.05, 4.69) is 34.1 Å². The van der Waals surface area contributed by atoms with E-state index in [0.717, 1.165) is 31.9 Å². The Labute approximate surface area is 204 Å². The van der Waals surface area contributed by atoms with Crippen molar-refractivity contribution in [1.82, 2.24) is 14.5 Å². The molecule has 1 aromatic heterocycles. The monoisotopic (exact) mass is 480 g/mol. The highest BCUT2D eigenvalue weighted by molar-refractivity contribution is 5.81. The van der Waals surface area contributed by atoms with Gasteiger partial charge in [0.25, 0.3) is 5.56 Å². The first kappa shape index (κ1) is 24.5. The minimum atomic E-state index is -0.169. The van der Waals surface area contributed by atoms with Crippen LogP contribution in [0.2, 0.25) is 0 Å². The molecule has 0 radical (unpaired) electrons. The maximum Gasteiger partial charge on any atom is 0.261 e. The molecule has 186 valence electrons. The van der Waals surface area contributed by atoms with Gasteiger partial charge < -0.3 is 24.0 Å². The Balaban J connectivity index is 1.32. The average molecular weight is 481 g/mol. The van der Waals surface area contributed by atoms with Gasteiger partial charge in [0.15, 0.2) is 11.5 Å². The van der Waals surface area contributed by atoms with E-state index in [9.17, 15) is 9.59 Å². The third-order valence-electron chi connectivity index (χ3n) is 6.28. The molecule has 1 aliphatic heterocycles. The molecule has 1 saturated heterocycles. The van der Waals surface area contributed by atoms with Crippen LogP contribution in [0, 0.1) is 0 Å². The molecule has 0 saturated carbocycles. The lowest BCUT2D eigenvalue weighted by atomic mass is 10.1. The maximum absolute atomic E-state index is 12.9. The average Bonchev–Trinajstić information content (AvgIpc) is 2.90. The first-order valence-electron chi connectivity index (χ1n) is 11.8. The highest BCUT2D eigenvalue weighted by Gasteiger charge is 2.14. The van der Waals surface area contributed by atoms with E-state index in [0.29, 0.717) is 48.3 Å². The number of morpholine rings is 1. The molecule has 4 rings (SSSR count). The van der Waals surface area contributed by atoms with Crippen molar-refractivity contribution in [1.29, 1.82) is 0 Å². The Hall–Kier alpha value is -3.59. The second-order valence-electron chi connectivity index (χ2n) is 8.59. The number of aryl methyl sites for hydroxylation is 1. The molecule has 0 atom stereocenters. The highest BCUT2D eigenvalue weighted by atomic mass is 16.5. The SMILES string of the molecule is COc1cc2ncn(CCCC(=O)N(C)Cc3ccc(N4CCOCC4)cc3)c(=O)c2cc1OC. The standard InChI is InChI=1S/C26H32N4O5/c1-28(17-19-6-8-20(9-7-19)29-11-13-35-14-12-29)25(31)5-4-10-30-18-27-22-16-24(34-3)23(33-2)15-21(22)26(30)32/h6-9,15-16,18H,4-5,10-14,17H2,1-3H3. The molecule has 0 N–H and O–H groups in total. The fraction of sp³-hybridized carbons (Fsp3) is 0.423. The summed E-state index contributed by atoms with van der Waals surface area (Å²) < 4.78 is 17.5. The van der Waals surface area contributed by atoms with E-state index in [4.69, 9.17) is 14.2 Å². The zero-order valence-electron chi connectivity index (χ0n) is 20.5. The van der Waals surface area contributed by atoms with E-state index in [1.165, 1.54) is 23.7 Å². The Morgan fingerprint density at radius 1 is 1.09 bits per heavy atom. The van der Waals surface area contributed by atoms with Crippen molar-refractivity contribution in [2.75, 3.05) is 52.5 Å². The predicted molar refractivity (Wildman–Crippen MR) is 134 cm³/mol. The fourth-order valence-electron chi connectivity index (χ4n) is 4.23. The number of amides is 1. The second-order valence-corrected chi connectivity index (χ2v) is 8.59. The number of ether oxygens (including phenoxy) is 3. The first-order valence-corrected chi connectivity index (χ1v) is 11.8. The molecule has 9 heteroatoms. The van der Waals surface area contributed by atoms with Crippen molar-refractivity contribution < 1.29 is 19.0 Å². The van der Waals surface area contributed by atoms with Crippen molar-refractivity contribution in [3.63, 3.8) is 0 Å². The van der Waals surface area contributed by atoms with Gasteiger partial charge in [-0.05, 0) is 30.2 Å². The normalized spacial score (nSPS) is 13.6. The molecule has 0 bridgehead atoms. The van der Waals surface area contributed by atoms with Crippen LogP contribution in [0.3, 0.4) is 0 Å². The number of benzene rings is 2. The topological polar surface area (TPSA) is 86.1 Å². The van der Waals surface area contributed by atoms with Crippen LogP contribution in [0.1, 0.15) is 18.4 Å². The summed E-state index contributed by atoms with van der Waals surface area (Å²) in [6.07, 6.45) is 2.40. The molecule has 0 spiro atoms. The number of carbonyl (C=O) groups is 1. The maximum atomic E-state index is 12.9. The quantitative estimate of drug-likeness (QED) is 0.465. The molecule has 1 fully saturated rings. The van der Waals surface area contributed by atoms with Gasteiger partial charge in [-0.25, -0.2) is 4.98 Å². The number of carbonyl (C=O) groups excluding carboxylic acids is 1. The van der Waals surface area contributed by atoms with Crippen LogP contribution >= 0.6 is 0 Å². The first-order chi connectivity index (χ1) is 17.0. The number of fused-ring (bicyclic) bond motifs is 1. The Morgan fingerprint density at radius 3 is 2.46 bits per heavy atom. The second kappa shape index (κ2) is 11.2. The molecule has 2 heterocycles. The fourth-order valence-corrected chi connectivity index (χ4v) is 4.23. The van der Waals surface area contributed by atoms with Crippen molar-refractivity contribution >= 4 is 22.5 Å². The van der Waals surface area contributed by atoms with Gasteiger partial charge >= 0.3 is 0 Å². The molecule has 1 amide bonds. The van der Waals surface area contributed by atoms with Gasteiger partial charge in [0.05, 0.1) is 44.7 Å². The Morgan fingerprint density at radius 2 is 1.77 bits per heavy atom. The Bertz CT molecular complexity index is 1220. The number of hydrogen-bond donors (Lipinski definition) is 0. The number of hydrogen-bond acceptors (Lipinski definition) is 7. The summed E-state index contributed by atoms with van der Waals surface area (Å²) in [5.41, 5.74) is 2.63. The minimum Gasteiger partial charge on any atom is -0.493 e. The third-order valence-corrected chi connectivity index (χ3v) is 6.28. The van der Waals surface area contributed by atoms with E-state index in [1.54, 1.807) is 24.1 Å². The summed E-state index contributed by atoms with van der Waals surface area (Å²) in [6.45, 7) is 4.25. The van der Waals surface area contributed by atoms with Crippen molar-refractivity contribution in [2.45, 2.75) is 25.9 Å². The van der Waals surface area contributed by atoms with Crippen molar-refractivity contribution in [3.05, 3.63) is 58.6 Å². The number of aromatic nitrogens is 2. The molecule has 1 aliphatic rings. The van der Waals surface area contributed by atoms with E-state index in [1.807, 2.05) is 7.05 Å². The molecule has 3 aromatic rings. The third kappa shape index (κ3) is 5.74. The van der Waals surface area contributed by atoms with Gasteiger partial charge in [-0.2, -0.15) is 0 Å². The lowest BCUT2D eigenvalue weighted by Gasteiger charge is -2.29. The molecule has 2 aromatic carbocycles. The molecule has 35 heavy (non-hydrogen) atoms. The smallest absolute Gasteiger partial charge is 0.261 e. The van der Waals surface area contributed by atoms with E-state index in [-0.39, 0.29) is 11.5 Å². The van der Waals surface area contributed by atoms with Crippen LogP contribution in [0.4, 0.5) is 5.69 Å². The molecular weight excluding hydrogens is 448 g/mol. The number of nitrogens with zero attached hydrogens (tertiary/aromatic N) is 4. The van der Waals surface area contributed by atoms with Crippen molar-refractivity contribution in [2.24, 2.45) is 0 Å². The zero-order valence-corrected chi connectivity index (χ0v) is 20.5. The van der Waals surface area contributed by atoms with Crippen LogP contribution in [-0.4, -0.2) is 67.9 Å². The predicted octanol–water partition coefficient (Wildman–Crippen LogP) is 2.69. The summed E-state index contributed by atoms with van der Waals surface area (Å²) in [4.78, 5) is 34.0. The van der Waals surface area contributed by atoms with Crippen LogP contribution < -0.4 is 19.9 Å². The van der Waals surface area contributed by atoms with Gasteiger partial charge in [0.1, 0.15) is 0 Å². The summed E-state index contributed by atoms with van der Waals surface area (Å²) in [7, 11) is 4.88. The van der Waals surface area contributed by atoms with Gasteiger partial charge in [-0.1, -0.05) is 12.1 Å². The summed E-state index contributed by atoms with van der Waals surface area (Å²) in [5, 5.41) is 0.453. The number of methoxy groups -OCH3 is 2. The van der Waals surface area contributed by atoms with Crippen LogP contribution in [0.5, 0.6) is 11.5 Å². The molecular formula is C26H32N4O5. The summed E-state index contributed by atoms with van der Waals surface area (Å²) in [5.74, 6) is 1.04. The highest BCUT2D eigenvalue weighted by Crippen LogP contribution is 2.29. The molecule has 0 aliphatic carbocycles. The van der Waals surface area contributed by atoms with E-state index >= 15 is 0 Å². The summed E-state index contributed by atoms with van der Waals surface area (Å²) in [6, 6.07) is 11.7. The van der Waals surface area contributed by atoms with Gasteiger partial charge in [-0.15, -0.1) is 0 Å². The molecule has 9 nitrogen and oxygen atoms in total. The Kier molecular flexibility index (Phi) is 7.87. The van der Waals surface area contributed by atoms with E-state index < -0.39 is 0 Å².